The van der Waals surface area contributed by atoms with E-state index in [1.165, 1.54) is 6.07 Å². The highest BCUT2D eigenvalue weighted by molar-refractivity contribution is 5.24. The molecule has 0 aliphatic carbocycles. The first-order valence-corrected chi connectivity index (χ1v) is 6.34. The van der Waals surface area contributed by atoms with E-state index in [1.54, 1.807) is 6.08 Å². The first-order chi connectivity index (χ1) is 9.15. The van der Waals surface area contributed by atoms with Crippen LogP contribution in [0.1, 0.15) is 18.0 Å². The minimum atomic E-state index is -1.40. The monoisotopic (exact) mass is 270 g/mol. The van der Waals surface area contributed by atoms with Crippen molar-refractivity contribution in [3.05, 3.63) is 47.8 Å². The second-order valence-corrected chi connectivity index (χ2v) is 4.59. The Morgan fingerprint density at radius 2 is 1.89 bits per heavy atom. The molecule has 1 fully saturated rings. The van der Waals surface area contributed by atoms with Gasteiger partial charge in [-0.05, 0) is 12.5 Å². The minimum Gasteiger partial charge on any atom is -0.314 e. The van der Waals surface area contributed by atoms with Crippen LogP contribution in [0.25, 0.3) is 0 Å². The van der Waals surface area contributed by atoms with E-state index in [9.17, 15) is 13.2 Å². The van der Waals surface area contributed by atoms with Gasteiger partial charge in [0.15, 0.2) is 17.5 Å². The molecule has 1 atom stereocenters. The molecular formula is C14H17F3N2. The van der Waals surface area contributed by atoms with Gasteiger partial charge in [-0.25, -0.2) is 13.2 Å². The Balaban J connectivity index is 2.32. The third-order valence-corrected chi connectivity index (χ3v) is 3.41. The molecule has 19 heavy (non-hydrogen) atoms. The average Bonchev–Trinajstić information content (AvgIpc) is 2.44. The van der Waals surface area contributed by atoms with Crippen molar-refractivity contribution in [2.45, 2.75) is 12.5 Å². The fourth-order valence-corrected chi connectivity index (χ4v) is 2.42. The van der Waals surface area contributed by atoms with Crippen LogP contribution in [0.4, 0.5) is 13.2 Å². The van der Waals surface area contributed by atoms with Crippen LogP contribution in [0, 0.1) is 17.5 Å². The summed E-state index contributed by atoms with van der Waals surface area (Å²) in [6.45, 7) is 6.76. The Morgan fingerprint density at radius 3 is 2.53 bits per heavy atom. The lowest BCUT2D eigenvalue weighted by Gasteiger charge is -2.35. The second-order valence-electron chi connectivity index (χ2n) is 4.59. The maximum absolute atomic E-state index is 13.9. The Morgan fingerprint density at radius 1 is 1.21 bits per heavy atom. The predicted molar refractivity (Wildman–Crippen MR) is 68.3 cm³/mol. The van der Waals surface area contributed by atoms with E-state index >= 15 is 0 Å². The van der Waals surface area contributed by atoms with Gasteiger partial charge in [-0.15, -0.1) is 6.58 Å². The van der Waals surface area contributed by atoms with Gasteiger partial charge in [-0.3, -0.25) is 4.90 Å². The zero-order chi connectivity index (χ0) is 13.8. The van der Waals surface area contributed by atoms with Crippen molar-refractivity contribution in [2.75, 3.05) is 26.2 Å². The summed E-state index contributed by atoms with van der Waals surface area (Å²) in [5.74, 6) is -3.65. The Kier molecular flexibility index (Phi) is 4.61. The smallest absolute Gasteiger partial charge is 0.194 e. The molecule has 1 N–H and O–H groups in total. The molecule has 0 spiro atoms. The molecule has 0 radical (unpaired) electrons. The number of rotatable bonds is 4. The number of nitrogens with zero attached hydrogens (tertiary/aromatic N) is 1. The maximum atomic E-state index is 13.9. The van der Waals surface area contributed by atoms with E-state index in [0.29, 0.717) is 6.42 Å². The molecule has 2 nitrogen and oxygen atoms in total. The number of halogens is 3. The summed E-state index contributed by atoms with van der Waals surface area (Å²) < 4.78 is 40.2. The zero-order valence-corrected chi connectivity index (χ0v) is 10.6. The van der Waals surface area contributed by atoms with E-state index < -0.39 is 17.5 Å². The van der Waals surface area contributed by atoms with Crippen molar-refractivity contribution in [2.24, 2.45) is 0 Å². The molecule has 1 aromatic carbocycles. The molecule has 5 heteroatoms. The van der Waals surface area contributed by atoms with E-state index in [4.69, 9.17) is 0 Å². The van der Waals surface area contributed by atoms with E-state index in [2.05, 4.69) is 16.8 Å². The van der Waals surface area contributed by atoms with Crippen molar-refractivity contribution in [3.8, 4) is 0 Å². The minimum absolute atomic E-state index is 0.195. The SMILES string of the molecule is C=CC[C@@H](c1ccc(F)c(F)c1F)N1CCNCC1. The Hall–Kier alpha value is -1.33. The first-order valence-electron chi connectivity index (χ1n) is 6.34. The Bertz CT molecular complexity index is 456. The molecule has 1 aliphatic heterocycles. The van der Waals surface area contributed by atoms with Gasteiger partial charge in [0.05, 0.1) is 0 Å². The van der Waals surface area contributed by atoms with Crippen LogP contribution in [0.2, 0.25) is 0 Å². The van der Waals surface area contributed by atoms with Crippen LogP contribution >= 0.6 is 0 Å². The van der Waals surface area contributed by atoms with Crippen LogP contribution in [-0.4, -0.2) is 31.1 Å². The lowest BCUT2D eigenvalue weighted by atomic mass is 10.00. The molecule has 0 unspecified atom stereocenters. The zero-order valence-electron chi connectivity index (χ0n) is 10.6. The van der Waals surface area contributed by atoms with Crippen LogP contribution in [0.3, 0.4) is 0 Å². The van der Waals surface area contributed by atoms with Crippen molar-refractivity contribution < 1.29 is 13.2 Å². The summed E-state index contributed by atoms with van der Waals surface area (Å²) in [5, 5.41) is 3.20. The van der Waals surface area contributed by atoms with Crippen LogP contribution in [0.5, 0.6) is 0 Å². The fourth-order valence-electron chi connectivity index (χ4n) is 2.42. The number of hydrogen-bond donors (Lipinski definition) is 1. The summed E-state index contributed by atoms with van der Waals surface area (Å²) in [5.41, 5.74) is 0.195. The Labute approximate surface area is 110 Å². The molecule has 0 saturated carbocycles. The molecule has 1 aromatic rings. The summed E-state index contributed by atoms with van der Waals surface area (Å²) >= 11 is 0. The van der Waals surface area contributed by atoms with E-state index in [0.717, 1.165) is 32.2 Å². The number of benzene rings is 1. The van der Waals surface area contributed by atoms with Gasteiger partial charge in [0.25, 0.3) is 0 Å². The lowest BCUT2D eigenvalue weighted by Crippen LogP contribution is -2.45. The van der Waals surface area contributed by atoms with Gasteiger partial charge < -0.3 is 5.32 Å². The van der Waals surface area contributed by atoms with Gasteiger partial charge in [0.2, 0.25) is 0 Å². The normalized spacial score (nSPS) is 18.3. The lowest BCUT2D eigenvalue weighted by molar-refractivity contribution is 0.170. The third kappa shape index (κ3) is 2.98. The maximum Gasteiger partial charge on any atom is 0.194 e. The highest BCUT2D eigenvalue weighted by Crippen LogP contribution is 2.29. The van der Waals surface area contributed by atoms with Crippen molar-refractivity contribution in [3.63, 3.8) is 0 Å². The molecule has 1 aliphatic rings. The van der Waals surface area contributed by atoms with Crippen molar-refractivity contribution >= 4 is 0 Å². The topological polar surface area (TPSA) is 15.3 Å². The highest BCUT2D eigenvalue weighted by Gasteiger charge is 2.26. The van der Waals surface area contributed by atoms with E-state index in [-0.39, 0.29) is 11.6 Å². The quantitative estimate of drug-likeness (QED) is 0.668. The largest absolute Gasteiger partial charge is 0.314 e. The number of nitrogens with one attached hydrogen (secondary N) is 1. The number of piperazine rings is 1. The standard InChI is InChI=1S/C14H17F3N2/c1-2-3-12(19-8-6-18-7-9-19)10-4-5-11(15)14(17)13(10)16/h2,4-5,12,18H,1,3,6-9H2/t12-/m0/s1. The first kappa shape index (κ1) is 14.1. The van der Waals surface area contributed by atoms with Gasteiger partial charge in [-0.2, -0.15) is 0 Å². The van der Waals surface area contributed by atoms with Crippen LogP contribution < -0.4 is 5.32 Å². The third-order valence-electron chi connectivity index (χ3n) is 3.41. The molecule has 2 rings (SSSR count). The summed E-state index contributed by atoms with van der Waals surface area (Å²) in [6.07, 6.45) is 2.18. The fraction of sp³-hybridized carbons (Fsp3) is 0.429. The average molecular weight is 270 g/mol. The van der Waals surface area contributed by atoms with Crippen molar-refractivity contribution in [1.29, 1.82) is 0 Å². The molecule has 0 aromatic heterocycles. The van der Waals surface area contributed by atoms with Gasteiger partial charge in [0, 0.05) is 37.8 Å². The van der Waals surface area contributed by atoms with Crippen molar-refractivity contribution in [1.82, 2.24) is 10.2 Å². The summed E-state index contributed by atoms with van der Waals surface area (Å²) in [6, 6.07) is 2.00. The van der Waals surface area contributed by atoms with Crippen LogP contribution in [-0.2, 0) is 0 Å². The van der Waals surface area contributed by atoms with E-state index in [1.807, 2.05) is 0 Å². The van der Waals surface area contributed by atoms with Gasteiger partial charge >= 0.3 is 0 Å². The highest BCUT2D eigenvalue weighted by atomic mass is 19.2. The molecule has 104 valence electrons. The molecular weight excluding hydrogens is 253 g/mol. The molecule has 1 heterocycles. The van der Waals surface area contributed by atoms with Gasteiger partial charge in [0.1, 0.15) is 0 Å². The predicted octanol–water partition coefficient (Wildman–Crippen LogP) is 2.63. The summed E-state index contributed by atoms with van der Waals surface area (Å²) in [4.78, 5) is 2.06. The van der Waals surface area contributed by atoms with Crippen LogP contribution in [0.15, 0.2) is 24.8 Å². The van der Waals surface area contributed by atoms with Gasteiger partial charge in [-0.1, -0.05) is 12.1 Å². The molecule has 0 amide bonds. The second kappa shape index (κ2) is 6.21. The molecule has 0 bridgehead atoms. The number of hydrogen-bond acceptors (Lipinski definition) is 2. The summed E-state index contributed by atoms with van der Waals surface area (Å²) in [7, 11) is 0. The molecule has 1 saturated heterocycles.